The highest BCUT2D eigenvalue weighted by Crippen LogP contribution is 2.43. The molecular formula is C16H23FN2O2. The lowest BCUT2D eigenvalue weighted by Gasteiger charge is -2.43. The van der Waals surface area contributed by atoms with Crippen LogP contribution in [0.3, 0.4) is 0 Å². The molecule has 0 unspecified atom stereocenters. The smallest absolute Gasteiger partial charge is 0.317 e. The third-order valence-corrected chi connectivity index (χ3v) is 4.38. The second kappa shape index (κ2) is 6.89. The summed E-state index contributed by atoms with van der Waals surface area (Å²) in [5.41, 5.74) is 1.02. The van der Waals surface area contributed by atoms with Crippen molar-refractivity contribution in [2.45, 2.75) is 31.6 Å². The summed E-state index contributed by atoms with van der Waals surface area (Å²) in [6, 6.07) is 6.42. The second-order valence-electron chi connectivity index (χ2n) is 5.60. The number of hydrogen-bond acceptors (Lipinski definition) is 2. The highest BCUT2D eigenvalue weighted by molar-refractivity contribution is 5.74. The fourth-order valence-electron chi connectivity index (χ4n) is 2.86. The van der Waals surface area contributed by atoms with E-state index in [1.807, 2.05) is 19.1 Å². The van der Waals surface area contributed by atoms with Gasteiger partial charge in [0.2, 0.25) is 0 Å². The standard InChI is InChI=1S/C16H23FN2O2/c1-2-19(10-11-20)15(21)18-12-16(8-3-9-16)13-4-6-14(17)7-5-13/h4-7,20H,2-3,8-12H2,1H3,(H,18,21). The van der Waals surface area contributed by atoms with Gasteiger partial charge >= 0.3 is 6.03 Å². The van der Waals surface area contributed by atoms with E-state index in [0.29, 0.717) is 19.6 Å². The van der Waals surface area contributed by atoms with E-state index in [-0.39, 0.29) is 23.9 Å². The molecule has 4 nitrogen and oxygen atoms in total. The zero-order valence-electron chi connectivity index (χ0n) is 12.4. The van der Waals surface area contributed by atoms with Crippen LogP contribution in [-0.2, 0) is 5.41 Å². The van der Waals surface area contributed by atoms with Gasteiger partial charge in [0, 0.05) is 25.0 Å². The second-order valence-corrected chi connectivity index (χ2v) is 5.60. The van der Waals surface area contributed by atoms with Gasteiger partial charge in [0.1, 0.15) is 5.82 Å². The highest BCUT2D eigenvalue weighted by atomic mass is 19.1. The van der Waals surface area contributed by atoms with Crippen molar-refractivity contribution < 1.29 is 14.3 Å². The van der Waals surface area contributed by atoms with E-state index < -0.39 is 0 Å². The van der Waals surface area contributed by atoms with Crippen LogP contribution in [0.4, 0.5) is 9.18 Å². The molecule has 0 bridgehead atoms. The minimum atomic E-state index is -0.239. The molecule has 116 valence electrons. The van der Waals surface area contributed by atoms with Gasteiger partial charge in [-0.25, -0.2) is 9.18 Å². The van der Waals surface area contributed by atoms with Crippen LogP contribution in [0.2, 0.25) is 0 Å². The number of rotatable bonds is 6. The first kappa shape index (κ1) is 15.8. The van der Waals surface area contributed by atoms with Gasteiger partial charge in [-0.15, -0.1) is 0 Å². The van der Waals surface area contributed by atoms with Gasteiger partial charge in [0.25, 0.3) is 0 Å². The Kier molecular flexibility index (Phi) is 5.17. The van der Waals surface area contributed by atoms with Crippen LogP contribution in [0, 0.1) is 5.82 Å². The summed E-state index contributed by atoms with van der Waals surface area (Å²) in [4.78, 5) is 13.7. The number of benzene rings is 1. The van der Waals surface area contributed by atoms with Crippen LogP contribution < -0.4 is 5.32 Å². The van der Waals surface area contributed by atoms with E-state index in [0.717, 1.165) is 24.8 Å². The molecule has 21 heavy (non-hydrogen) atoms. The molecule has 2 N–H and O–H groups in total. The number of carbonyl (C=O) groups excluding carboxylic acids is 1. The molecule has 0 heterocycles. The third-order valence-electron chi connectivity index (χ3n) is 4.38. The van der Waals surface area contributed by atoms with Crippen LogP contribution in [0.25, 0.3) is 0 Å². The molecule has 1 aliphatic carbocycles. The van der Waals surface area contributed by atoms with Gasteiger partial charge in [-0.05, 0) is 37.5 Å². The first-order chi connectivity index (χ1) is 10.1. The molecule has 1 aromatic rings. The topological polar surface area (TPSA) is 52.6 Å². The summed E-state index contributed by atoms with van der Waals surface area (Å²) >= 11 is 0. The monoisotopic (exact) mass is 294 g/mol. The lowest BCUT2D eigenvalue weighted by molar-refractivity contribution is 0.170. The van der Waals surface area contributed by atoms with Crippen LogP contribution in [0.1, 0.15) is 31.7 Å². The van der Waals surface area contributed by atoms with Crippen molar-refractivity contribution in [1.82, 2.24) is 10.2 Å². The van der Waals surface area contributed by atoms with E-state index in [4.69, 9.17) is 5.11 Å². The van der Waals surface area contributed by atoms with E-state index in [1.54, 1.807) is 4.90 Å². The average Bonchev–Trinajstić information content (AvgIpc) is 2.45. The van der Waals surface area contributed by atoms with Crippen LogP contribution >= 0.6 is 0 Å². The highest BCUT2D eigenvalue weighted by Gasteiger charge is 2.39. The quantitative estimate of drug-likeness (QED) is 0.845. The Bertz CT molecular complexity index is 472. The molecule has 5 heteroatoms. The zero-order chi connectivity index (χ0) is 15.3. The molecule has 2 amide bonds. The van der Waals surface area contributed by atoms with Crippen molar-refractivity contribution in [3.8, 4) is 0 Å². The van der Waals surface area contributed by atoms with Crippen LogP contribution in [-0.4, -0.2) is 42.3 Å². The molecule has 0 radical (unpaired) electrons. The van der Waals surface area contributed by atoms with E-state index in [9.17, 15) is 9.18 Å². The maximum absolute atomic E-state index is 13.0. The number of halogens is 1. The Labute approximate surface area is 125 Å². The Morgan fingerprint density at radius 2 is 2.05 bits per heavy atom. The largest absolute Gasteiger partial charge is 0.395 e. The van der Waals surface area contributed by atoms with Gasteiger partial charge in [-0.1, -0.05) is 18.6 Å². The Hall–Kier alpha value is -1.62. The van der Waals surface area contributed by atoms with Crippen molar-refractivity contribution >= 4 is 6.03 Å². The Morgan fingerprint density at radius 1 is 1.38 bits per heavy atom. The molecule has 1 saturated carbocycles. The molecule has 0 spiro atoms. The van der Waals surface area contributed by atoms with Gasteiger partial charge in [0.15, 0.2) is 0 Å². The van der Waals surface area contributed by atoms with E-state index in [2.05, 4.69) is 5.32 Å². The Balaban J connectivity index is 1.99. The van der Waals surface area contributed by atoms with E-state index >= 15 is 0 Å². The molecule has 0 aromatic heterocycles. The summed E-state index contributed by atoms with van der Waals surface area (Å²) in [5.74, 6) is -0.239. The summed E-state index contributed by atoms with van der Waals surface area (Å²) in [7, 11) is 0. The minimum absolute atomic E-state index is 0.0373. The maximum Gasteiger partial charge on any atom is 0.317 e. The Morgan fingerprint density at radius 3 is 2.52 bits per heavy atom. The third kappa shape index (κ3) is 3.53. The lowest BCUT2D eigenvalue weighted by atomic mass is 9.64. The van der Waals surface area contributed by atoms with Crippen molar-refractivity contribution in [1.29, 1.82) is 0 Å². The van der Waals surface area contributed by atoms with Gasteiger partial charge in [0.05, 0.1) is 6.61 Å². The predicted octanol–water partition coefficient (Wildman–Crippen LogP) is 2.27. The summed E-state index contributed by atoms with van der Waals surface area (Å²) in [6.07, 6.45) is 3.14. The molecule has 1 fully saturated rings. The van der Waals surface area contributed by atoms with Gasteiger partial charge < -0.3 is 15.3 Å². The first-order valence-corrected chi connectivity index (χ1v) is 7.51. The number of amides is 2. The number of likely N-dealkylation sites (N-methyl/N-ethyl adjacent to an activating group) is 1. The zero-order valence-corrected chi connectivity index (χ0v) is 12.4. The van der Waals surface area contributed by atoms with Crippen molar-refractivity contribution in [3.05, 3.63) is 35.6 Å². The number of aliphatic hydroxyl groups is 1. The molecule has 0 atom stereocenters. The summed E-state index contributed by atoms with van der Waals surface area (Å²) in [6.45, 7) is 3.31. The number of hydrogen-bond donors (Lipinski definition) is 2. The molecule has 1 aromatic carbocycles. The number of aliphatic hydroxyl groups excluding tert-OH is 1. The fraction of sp³-hybridized carbons (Fsp3) is 0.562. The lowest BCUT2D eigenvalue weighted by Crippen LogP contribution is -2.49. The van der Waals surface area contributed by atoms with Gasteiger partial charge in [-0.3, -0.25) is 0 Å². The SMILES string of the molecule is CCN(CCO)C(=O)NCC1(c2ccc(F)cc2)CCC1. The number of urea groups is 1. The fourth-order valence-corrected chi connectivity index (χ4v) is 2.86. The molecule has 2 rings (SSSR count). The summed E-state index contributed by atoms with van der Waals surface area (Å²) in [5, 5.41) is 11.9. The predicted molar refractivity (Wildman–Crippen MR) is 79.7 cm³/mol. The van der Waals surface area contributed by atoms with Crippen molar-refractivity contribution in [2.24, 2.45) is 0 Å². The number of carbonyl (C=O) groups is 1. The van der Waals surface area contributed by atoms with Crippen molar-refractivity contribution in [2.75, 3.05) is 26.2 Å². The summed E-state index contributed by atoms with van der Waals surface area (Å²) < 4.78 is 13.0. The molecule has 0 aliphatic heterocycles. The molecule has 1 aliphatic rings. The molecular weight excluding hydrogens is 271 g/mol. The minimum Gasteiger partial charge on any atom is -0.395 e. The van der Waals surface area contributed by atoms with Crippen molar-refractivity contribution in [3.63, 3.8) is 0 Å². The normalized spacial score (nSPS) is 16.1. The number of nitrogens with zero attached hydrogens (tertiary/aromatic N) is 1. The van der Waals surface area contributed by atoms with Gasteiger partial charge in [-0.2, -0.15) is 0 Å². The average molecular weight is 294 g/mol. The molecule has 0 saturated heterocycles. The first-order valence-electron chi connectivity index (χ1n) is 7.51. The van der Waals surface area contributed by atoms with Crippen LogP contribution in [0.5, 0.6) is 0 Å². The van der Waals surface area contributed by atoms with E-state index in [1.165, 1.54) is 12.1 Å². The maximum atomic E-state index is 13.0. The van der Waals surface area contributed by atoms with Crippen LogP contribution in [0.15, 0.2) is 24.3 Å². The number of nitrogens with one attached hydrogen (secondary N) is 1.